The van der Waals surface area contributed by atoms with Gasteiger partial charge in [-0.15, -0.1) is 0 Å². The molecule has 1 N–H and O–H groups in total. The third-order valence-corrected chi connectivity index (χ3v) is 4.25. The molecule has 0 bridgehead atoms. The first-order valence-electron chi connectivity index (χ1n) is 7.57. The van der Waals surface area contributed by atoms with Crippen LogP contribution in [0, 0.1) is 0 Å². The average Bonchev–Trinajstić information content (AvgIpc) is 2.59. The summed E-state index contributed by atoms with van der Waals surface area (Å²) in [4.78, 5) is 11.2. The maximum atomic E-state index is 13.1. The van der Waals surface area contributed by atoms with Gasteiger partial charge < -0.3 is 9.84 Å². The van der Waals surface area contributed by atoms with E-state index in [0.717, 1.165) is 24.3 Å². The summed E-state index contributed by atoms with van der Waals surface area (Å²) >= 11 is 5.98. The van der Waals surface area contributed by atoms with E-state index in [1.807, 2.05) is 0 Å². The van der Waals surface area contributed by atoms with Crippen LogP contribution in [0.5, 0.6) is 5.75 Å². The third kappa shape index (κ3) is 3.80. The molecular formula is C18H9ClF6O3. The van der Waals surface area contributed by atoms with E-state index >= 15 is 0 Å². The molecule has 28 heavy (non-hydrogen) atoms. The van der Waals surface area contributed by atoms with Crippen molar-refractivity contribution in [3.63, 3.8) is 0 Å². The molecule has 2 aromatic carbocycles. The number of carboxylic acids is 1. The molecule has 148 valence electrons. The normalized spacial score (nSPS) is 16.8. The van der Waals surface area contributed by atoms with Crippen molar-refractivity contribution < 1.29 is 41.0 Å². The Morgan fingerprint density at radius 2 is 1.71 bits per heavy atom. The van der Waals surface area contributed by atoms with E-state index in [1.165, 1.54) is 18.2 Å². The molecule has 10 heteroatoms. The van der Waals surface area contributed by atoms with Gasteiger partial charge in [-0.3, -0.25) is 0 Å². The maximum absolute atomic E-state index is 13.1. The Morgan fingerprint density at radius 3 is 2.29 bits per heavy atom. The average molecular weight is 423 g/mol. The first-order valence-corrected chi connectivity index (χ1v) is 7.95. The molecule has 0 spiro atoms. The number of carbonyl (C=O) groups is 1. The number of fused-ring (bicyclic) bond motifs is 1. The molecule has 0 saturated carbocycles. The van der Waals surface area contributed by atoms with E-state index in [-0.39, 0.29) is 21.7 Å². The van der Waals surface area contributed by atoms with Crippen LogP contribution in [0.25, 0.3) is 17.2 Å². The highest BCUT2D eigenvalue weighted by molar-refractivity contribution is 6.32. The van der Waals surface area contributed by atoms with Gasteiger partial charge in [0.05, 0.1) is 16.2 Å². The van der Waals surface area contributed by atoms with Crippen LogP contribution in [0.3, 0.4) is 0 Å². The van der Waals surface area contributed by atoms with Gasteiger partial charge in [0.15, 0.2) is 0 Å². The minimum atomic E-state index is -5.00. The zero-order valence-corrected chi connectivity index (χ0v) is 14.3. The smallest absolute Gasteiger partial charge is 0.430 e. The number of benzene rings is 2. The second-order valence-electron chi connectivity index (χ2n) is 5.90. The summed E-state index contributed by atoms with van der Waals surface area (Å²) in [5, 5.41) is 8.78. The highest BCUT2D eigenvalue weighted by Gasteiger charge is 2.48. The summed E-state index contributed by atoms with van der Waals surface area (Å²) < 4.78 is 82.8. The summed E-state index contributed by atoms with van der Waals surface area (Å²) in [6, 6.07) is 6.61. The molecular weight excluding hydrogens is 414 g/mol. The van der Waals surface area contributed by atoms with Crippen LogP contribution in [-0.2, 0) is 11.0 Å². The molecule has 1 atom stereocenters. The minimum absolute atomic E-state index is 0.0854. The van der Waals surface area contributed by atoms with Gasteiger partial charge in [0.2, 0.25) is 6.10 Å². The Bertz CT molecular complexity index is 978. The lowest BCUT2D eigenvalue weighted by Gasteiger charge is -2.28. The van der Waals surface area contributed by atoms with Gasteiger partial charge in [-0.25, -0.2) is 4.79 Å². The topological polar surface area (TPSA) is 46.5 Å². The Labute approximate surface area is 158 Å². The van der Waals surface area contributed by atoms with Crippen molar-refractivity contribution in [1.82, 2.24) is 0 Å². The number of halogens is 7. The number of hydrogen-bond acceptors (Lipinski definition) is 2. The molecule has 0 aliphatic carbocycles. The van der Waals surface area contributed by atoms with Crippen LogP contribution in [0.1, 0.15) is 11.1 Å². The first kappa shape index (κ1) is 20.1. The Hall–Kier alpha value is -2.68. The van der Waals surface area contributed by atoms with Gasteiger partial charge in [-0.05, 0) is 41.5 Å². The monoisotopic (exact) mass is 422 g/mol. The molecule has 0 saturated heterocycles. The standard InChI is InChI=1S/C18H9ClF6O3/c19-13-7-9(8-2-1-3-11(5-8)17(20,21)22)4-10-6-12(16(26)27)15(18(23,24)25)28-14(10)13/h1-7,15H,(H,26,27). The molecule has 0 amide bonds. The first-order chi connectivity index (χ1) is 12.9. The Kier molecular flexibility index (Phi) is 4.82. The summed E-state index contributed by atoms with van der Waals surface area (Å²) in [6.45, 7) is 0. The van der Waals surface area contributed by atoms with Crippen LogP contribution in [0.4, 0.5) is 26.3 Å². The summed E-state index contributed by atoms with van der Waals surface area (Å²) in [7, 11) is 0. The van der Waals surface area contributed by atoms with Crippen molar-refractivity contribution in [3.05, 3.63) is 58.1 Å². The lowest BCUT2D eigenvalue weighted by Crippen LogP contribution is -2.40. The molecule has 3 nitrogen and oxygen atoms in total. The van der Waals surface area contributed by atoms with Crippen LogP contribution in [-0.4, -0.2) is 23.4 Å². The fraction of sp³-hybridized carbons (Fsp3) is 0.167. The maximum Gasteiger partial charge on any atom is 0.430 e. The van der Waals surface area contributed by atoms with Gasteiger partial charge in [0.25, 0.3) is 0 Å². The second-order valence-corrected chi connectivity index (χ2v) is 6.31. The number of rotatable bonds is 2. The van der Waals surface area contributed by atoms with Gasteiger partial charge in [0.1, 0.15) is 5.75 Å². The molecule has 0 radical (unpaired) electrons. The molecule has 3 rings (SSSR count). The van der Waals surface area contributed by atoms with E-state index < -0.39 is 41.3 Å². The molecule has 2 aromatic rings. The van der Waals surface area contributed by atoms with Gasteiger partial charge in [-0.1, -0.05) is 23.7 Å². The molecule has 0 fully saturated rings. The number of aliphatic carboxylic acids is 1. The van der Waals surface area contributed by atoms with Crippen molar-refractivity contribution >= 4 is 23.6 Å². The highest BCUT2D eigenvalue weighted by Crippen LogP contribution is 2.43. The van der Waals surface area contributed by atoms with Crippen molar-refractivity contribution in [3.8, 4) is 16.9 Å². The summed E-state index contributed by atoms with van der Waals surface area (Å²) in [5.74, 6) is -2.24. The van der Waals surface area contributed by atoms with Crippen molar-refractivity contribution in [2.24, 2.45) is 0 Å². The lowest BCUT2D eigenvalue weighted by atomic mass is 9.96. The highest BCUT2D eigenvalue weighted by atomic mass is 35.5. The number of ether oxygens (including phenoxy) is 1. The van der Waals surface area contributed by atoms with Crippen LogP contribution < -0.4 is 4.74 Å². The minimum Gasteiger partial charge on any atom is -0.478 e. The van der Waals surface area contributed by atoms with Crippen LogP contribution >= 0.6 is 11.6 Å². The van der Waals surface area contributed by atoms with Crippen molar-refractivity contribution in [2.75, 3.05) is 0 Å². The Balaban J connectivity index is 2.13. The van der Waals surface area contributed by atoms with E-state index in [4.69, 9.17) is 21.4 Å². The van der Waals surface area contributed by atoms with Crippen molar-refractivity contribution in [2.45, 2.75) is 18.5 Å². The molecule has 0 aromatic heterocycles. The predicted molar refractivity (Wildman–Crippen MR) is 88.0 cm³/mol. The van der Waals surface area contributed by atoms with Gasteiger partial charge in [-0.2, -0.15) is 26.3 Å². The van der Waals surface area contributed by atoms with Crippen LogP contribution in [0.2, 0.25) is 5.02 Å². The molecule has 1 unspecified atom stereocenters. The molecule has 1 aliphatic heterocycles. The fourth-order valence-corrected chi connectivity index (χ4v) is 3.00. The fourth-order valence-electron chi connectivity index (χ4n) is 2.73. The second kappa shape index (κ2) is 6.73. The number of alkyl halides is 6. The predicted octanol–water partition coefficient (Wildman–Crippen LogP) is 5.82. The third-order valence-electron chi connectivity index (χ3n) is 3.97. The zero-order chi connectivity index (χ0) is 20.9. The van der Waals surface area contributed by atoms with Crippen molar-refractivity contribution in [1.29, 1.82) is 0 Å². The molecule has 1 heterocycles. The zero-order valence-electron chi connectivity index (χ0n) is 13.5. The lowest BCUT2D eigenvalue weighted by molar-refractivity contribution is -0.187. The van der Waals surface area contributed by atoms with E-state index in [9.17, 15) is 31.1 Å². The van der Waals surface area contributed by atoms with Gasteiger partial charge in [0, 0.05) is 5.56 Å². The van der Waals surface area contributed by atoms with Gasteiger partial charge >= 0.3 is 18.3 Å². The summed E-state index contributed by atoms with van der Waals surface area (Å²) in [5.41, 5.74) is -1.81. The Morgan fingerprint density at radius 1 is 1.04 bits per heavy atom. The van der Waals surface area contributed by atoms with E-state index in [2.05, 4.69) is 0 Å². The SMILES string of the molecule is O=C(O)C1=Cc2cc(-c3cccc(C(F)(F)F)c3)cc(Cl)c2OC1C(F)(F)F. The molecule has 1 aliphatic rings. The van der Waals surface area contributed by atoms with E-state index in [1.54, 1.807) is 0 Å². The van der Waals surface area contributed by atoms with Crippen LogP contribution in [0.15, 0.2) is 42.0 Å². The number of carboxylic acid groups (broad SMARTS) is 1. The largest absolute Gasteiger partial charge is 0.478 e. The quantitative estimate of drug-likeness (QED) is 0.621. The summed E-state index contributed by atoms with van der Waals surface area (Å²) in [6.07, 6.45) is -11.5. The number of hydrogen-bond donors (Lipinski definition) is 1. The van der Waals surface area contributed by atoms with E-state index in [0.29, 0.717) is 0 Å².